The Kier molecular flexibility index (Phi) is 4.83. The van der Waals surface area contributed by atoms with E-state index in [9.17, 15) is 13.5 Å². The van der Waals surface area contributed by atoms with Gasteiger partial charge in [-0.05, 0) is 51.2 Å². The van der Waals surface area contributed by atoms with Gasteiger partial charge in [0.1, 0.15) is 9.97 Å². The molecule has 1 atom stereocenters. The molecule has 8 heteroatoms. The monoisotopic (exact) mass is 370 g/mol. The van der Waals surface area contributed by atoms with Crippen molar-refractivity contribution in [2.75, 3.05) is 0 Å². The summed E-state index contributed by atoms with van der Waals surface area (Å²) in [7, 11) is -3.57. The van der Waals surface area contributed by atoms with Crippen LogP contribution in [0.4, 0.5) is 0 Å². The van der Waals surface area contributed by atoms with Gasteiger partial charge in [-0.25, -0.2) is 13.1 Å². The molecule has 2 aromatic heterocycles. The lowest BCUT2D eigenvalue weighted by Gasteiger charge is -2.37. The summed E-state index contributed by atoms with van der Waals surface area (Å²) in [6.07, 6.45) is 1.74. The highest BCUT2D eigenvalue weighted by molar-refractivity contribution is 7.91. The molecular formula is C16H22N2O4S2. The number of hydrogen-bond acceptors (Lipinski definition) is 6. The Labute approximate surface area is 145 Å². The first-order valence-corrected chi connectivity index (χ1v) is 10.3. The van der Waals surface area contributed by atoms with Crippen molar-refractivity contribution in [3.05, 3.63) is 23.6 Å². The van der Waals surface area contributed by atoms with Gasteiger partial charge in [-0.15, -0.1) is 11.3 Å². The molecule has 132 valence electrons. The molecular weight excluding hydrogens is 348 g/mol. The zero-order chi connectivity index (χ0) is 17.5. The summed E-state index contributed by atoms with van der Waals surface area (Å²) in [5.74, 6) is 0.892. The molecule has 0 saturated heterocycles. The molecule has 3 rings (SSSR count). The minimum Gasteiger partial charge on any atom is -0.393 e. The number of aliphatic hydroxyl groups is 1. The number of nitrogens with zero attached hydrogens (tertiary/aromatic N) is 1. The van der Waals surface area contributed by atoms with Crippen LogP contribution < -0.4 is 4.72 Å². The fraction of sp³-hybridized carbons (Fsp3) is 0.562. The van der Waals surface area contributed by atoms with E-state index >= 15 is 0 Å². The second kappa shape index (κ2) is 6.59. The molecule has 6 nitrogen and oxygen atoms in total. The van der Waals surface area contributed by atoms with Crippen molar-refractivity contribution in [2.45, 2.75) is 56.4 Å². The lowest BCUT2D eigenvalue weighted by molar-refractivity contribution is 0.0277. The summed E-state index contributed by atoms with van der Waals surface area (Å²) in [6, 6.07) is 3.28. The van der Waals surface area contributed by atoms with Crippen LogP contribution in [0.15, 0.2) is 20.9 Å². The first-order chi connectivity index (χ1) is 11.3. The third kappa shape index (κ3) is 3.28. The molecule has 0 aliphatic heterocycles. The number of aromatic nitrogens is 1. The van der Waals surface area contributed by atoms with E-state index in [4.69, 9.17) is 4.52 Å². The Bertz CT molecular complexity index is 800. The lowest BCUT2D eigenvalue weighted by atomic mass is 9.77. The predicted octanol–water partition coefficient (Wildman–Crippen LogP) is 2.85. The molecule has 0 amide bonds. The van der Waals surface area contributed by atoms with Gasteiger partial charge in [-0.2, -0.15) is 0 Å². The number of nitrogens with one attached hydrogen (secondary N) is 1. The first kappa shape index (κ1) is 17.6. The van der Waals surface area contributed by atoms with Crippen LogP contribution in [-0.4, -0.2) is 30.8 Å². The highest BCUT2D eigenvalue weighted by Gasteiger charge is 2.35. The van der Waals surface area contributed by atoms with Crippen LogP contribution in [0.1, 0.15) is 37.6 Å². The molecule has 24 heavy (non-hydrogen) atoms. The van der Waals surface area contributed by atoms with Crippen molar-refractivity contribution in [3.63, 3.8) is 0 Å². The molecule has 0 spiro atoms. The van der Waals surface area contributed by atoms with Gasteiger partial charge in [0.25, 0.3) is 0 Å². The van der Waals surface area contributed by atoms with Crippen molar-refractivity contribution in [1.82, 2.24) is 9.88 Å². The number of aliphatic hydroxyl groups excluding tert-OH is 1. The average molecular weight is 370 g/mol. The van der Waals surface area contributed by atoms with E-state index in [2.05, 4.69) is 9.88 Å². The highest BCUT2D eigenvalue weighted by atomic mass is 32.2. The molecule has 0 aromatic carbocycles. The number of hydrogen-bond donors (Lipinski definition) is 2. The van der Waals surface area contributed by atoms with E-state index in [-0.39, 0.29) is 22.3 Å². The number of thiophene rings is 1. The quantitative estimate of drug-likeness (QED) is 0.816. The Balaban J connectivity index is 1.80. The zero-order valence-corrected chi connectivity index (χ0v) is 15.6. The van der Waals surface area contributed by atoms with Gasteiger partial charge < -0.3 is 9.63 Å². The van der Waals surface area contributed by atoms with Gasteiger partial charge in [0.2, 0.25) is 10.0 Å². The minimum absolute atomic E-state index is 0.136. The third-order valence-corrected chi connectivity index (χ3v) is 7.68. The van der Waals surface area contributed by atoms with Crippen LogP contribution in [0, 0.1) is 19.8 Å². The van der Waals surface area contributed by atoms with E-state index in [0.29, 0.717) is 25.0 Å². The van der Waals surface area contributed by atoms with Crippen LogP contribution in [0.5, 0.6) is 0 Å². The predicted molar refractivity (Wildman–Crippen MR) is 92.4 cm³/mol. The summed E-state index contributed by atoms with van der Waals surface area (Å²) in [5.41, 5.74) is 1.61. The van der Waals surface area contributed by atoms with Crippen LogP contribution in [-0.2, 0) is 10.0 Å². The van der Waals surface area contributed by atoms with E-state index in [0.717, 1.165) is 16.1 Å². The molecule has 2 N–H and O–H groups in total. The number of sulfonamides is 1. The fourth-order valence-corrected chi connectivity index (χ4v) is 6.02. The van der Waals surface area contributed by atoms with Crippen molar-refractivity contribution < 1.29 is 18.0 Å². The van der Waals surface area contributed by atoms with Gasteiger partial charge in [0.15, 0.2) is 0 Å². The van der Waals surface area contributed by atoms with Crippen LogP contribution in [0.2, 0.25) is 0 Å². The maximum absolute atomic E-state index is 12.7. The SMILES string of the molecule is CC[C@@H](NS(=O)(=O)c1ccc(-c2c(C)noc2C)s1)C1CC(O)C1. The van der Waals surface area contributed by atoms with E-state index in [1.54, 1.807) is 12.1 Å². The standard InChI is InChI=1S/C16H22N2O4S2/c1-4-13(11-7-12(19)8-11)18-24(20,21)15-6-5-14(23-15)16-9(2)17-22-10(16)3/h5-6,11-13,18-19H,4,7-8H2,1-3H3/t11?,12?,13-/m1/s1. The summed E-state index contributed by atoms with van der Waals surface area (Å²) in [5, 5.41) is 13.4. The molecule has 2 aromatic rings. The first-order valence-electron chi connectivity index (χ1n) is 8.05. The van der Waals surface area contributed by atoms with Crippen LogP contribution in [0.25, 0.3) is 10.4 Å². The third-order valence-electron chi connectivity index (χ3n) is 4.59. The van der Waals surface area contributed by atoms with E-state index in [1.807, 2.05) is 20.8 Å². The zero-order valence-electron chi connectivity index (χ0n) is 13.9. The maximum Gasteiger partial charge on any atom is 0.250 e. The normalized spacial score (nSPS) is 22.3. The van der Waals surface area contributed by atoms with Crippen molar-refractivity contribution in [2.24, 2.45) is 5.92 Å². The topological polar surface area (TPSA) is 92.4 Å². The number of aryl methyl sites for hydroxylation is 2. The maximum atomic E-state index is 12.7. The molecule has 0 unspecified atom stereocenters. The Morgan fingerprint density at radius 1 is 1.42 bits per heavy atom. The van der Waals surface area contributed by atoms with Crippen LogP contribution in [0.3, 0.4) is 0 Å². The largest absolute Gasteiger partial charge is 0.393 e. The summed E-state index contributed by atoms with van der Waals surface area (Å²) >= 11 is 1.22. The summed E-state index contributed by atoms with van der Waals surface area (Å²) in [4.78, 5) is 0.832. The molecule has 0 radical (unpaired) electrons. The van der Waals surface area contributed by atoms with Crippen molar-refractivity contribution in [1.29, 1.82) is 0 Å². The lowest BCUT2D eigenvalue weighted by Crippen LogP contribution is -2.46. The van der Waals surface area contributed by atoms with Gasteiger partial charge in [0, 0.05) is 10.9 Å². The average Bonchev–Trinajstić information content (AvgIpc) is 3.09. The minimum atomic E-state index is -3.57. The smallest absolute Gasteiger partial charge is 0.250 e. The fourth-order valence-electron chi connectivity index (χ4n) is 3.16. The second-order valence-electron chi connectivity index (χ2n) is 6.34. The van der Waals surface area contributed by atoms with Crippen LogP contribution >= 0.6 is 11.3 Å². The van der Waals surface area contributed by atoms with E-state index < -0.39 is 10.0 Å². The second-order valence-corrected chi connectivity index (χ2v) is 9.36. The number of rotatable bonds is 6. The Morgan fingerprint density at radius 3 is 2.67 bits per heavy atom. The van der Waals surface area contributed by atoms with Gasteiger partial charge >= 0.3 is 0 Å². The molecule has 1 fully saturated rings. The molecule has 0 bridgehead atoms. The van der Waals surface area contributed by atoms with Gasteiger partial charge in [-0.3, -0.25) is 0 Å². The Hall–Kier alpha value is -1.22. The molecule has 2 heterocycles. The molecule has 1 saturated carbocycles. The van der Waals surface area contributed by atoms with E-state index in [1.165, 1.54) is 11.3 Å². The highest BCUT2D eigenvalue weighted by Crippen LogP contribution is 2.36. The molecule has 1 aliphatic carbocycles. The summed E-state index contributed by atoms with van der Waals surface area (Å²) < 4.78 is 33.6. The van der Waals surface area contributed by atoms with Crippen molar-refractivity contribution in [3.8, 4) is 10.4 Å². The summed E-state index contributed by atoms with van der Waals surface area (Å²) in [6.45, 7) is 5.62. The van der Waals surface area contributed by atoms with Crippen molar-refractivity contribution >= 4 is 21.4 Å². The van der Waals surface area contributed by atoms with Gasteiger partial charge in [0.05, 0.1) is 17.4 Å². The van der Waals surface area contributed by atoms with Gasteiger partial charge in [-0.1, -0.05) is 12.1 Å². The molecule has 1 aliphatic rings. The Morgan fingerprint density at radius 2 is 2.12 bits per heavy atom.